The highest BCUT2D eigenvalue weighted by Gasteiger charge is 2.11. The van der Waals surface area contributed by atoms with E-state index in [1.165, 1.54) is 19.2 Å². The lowest BCUT2D eigenvalue weighted by Gasteiger charge is -2.06. The Morgan fingerprint density at radius 3 is 2.20 bits per heavy atom. The van der Waals surface area contributed by atoms with Gasteiger partial charge in [-0.1, -0.05) is 19.1 Å². The van der Waals surface area contributed by atoms with Gasteiger partial charge in [0.25, 0.3) is 0 Å². The van der Waals surface area contributed by atoms with Crippen LogP contribution in [0.3, 0.4) is 0 Å². The third-order valence-corrected chi connectivity index (χ3v) is 3.62. The van der Waals surface area contributed by atoms with Gasteiger partial charge in [-0.3, -0.25) is 0 Å². The number of aldehydes is 1. The summed E-state index contributed by atoms with van der Waals surface area (Å²) in [6.45, 7) is 1.76. The molecule has 15 heavy (non-hydrogen) atoms. The van der Waals surface area contributed by atoms with Crippen LogP contribution < -0.4 is 4.72 Å². The highest BCUT2D eigenvalue weighted by atomic mass is 32.2. The summed E-state index contributed by atoms with van der Waals surface area (Å²) in [6, 6.07) is 6.26. The van der Waals surface area contributed by atoms with Crippen LogP contribution >= 0.6 is 0 Å². The molecule has 0 aromatic heterocycles. The molecule has 1 unspecified atom stereocenters. The predicted molar refractivity (Wildman–Crippen MR) is 57.2 cm³/mol. The molecule has 1 aromatic carbocycles. The largest absolute Gasteiger partial charge is 0.303 e. The van der Waals surface area contributed by atoms with Crippen molar-refractivity contribution in [2.45, 2.75) is 17.7 Å². The Kier molecular flexibility index (Phi) is 3.60. The Bertz CT molecular complexity index is 436. The average Bonchev–Trinajstić information content (AvgIpc) is 2.28. The normalized spacial score (nSPS) is 13.5. The first-order valence-corrected chi connectivity index (χ1v) is 5.98. The number of rotatable bonds is 4. The quantitative estimate of drug-likeness (QED) is 0.777. The third kappa shape index (κ3) is 2.64. The first-order chi connectivity index (χ1) is 7.01. The lowest BCUT2D eigenvalue weighted by molar-refractivity contribution is -0.108. The molecule has 0 bridgehead atoms. The van der Waals surface area contributed by atoms with Crippen molar-refractivity contribution in [3.63, 3.8) is 0 Å². The molecule has 0 saturated carbocycles. The summed E-state index contributed by atoms with van der Waals surface area (Å²) in [6.07, 6.45) is 0.821. The summed E-state index contributed by atoms with van der Waals surface area (Å²) in [5.74, 6) is -0.212. The molecule has 1 aromatic rings. The lowest BCUT2D eigenvalue weighted by atomic mass is 10.0. The van der Waals surface area contributed by atoms with Gasteiger partial charge in [0.15, 0.2) is 0 Å². The standard InChI is InChI=1S/C10H13NO3S/c1-8(7-12)9-3-5-10(6-4-9)15(13,14)11-2/h3-8,11H,1-2H3. The summed E-state index contributed by atoms with van der Waals surface area (Å²) >= 11 is 0. The van der Waals surface area contributed by atoms with Crippen molar-refractivity contribution in [3.8, 4) is 0 Å². The molecule has 0 radical (unpaired) electrons. The zero-order valence-electron chi connectivity index (χ0n) is 8.60. The number of carbonyl (C=O) groups excluding carboxylic acids is 1. The Labute approximate surface area is 89.4 Å². The molecule has 0 aliphatic carbocycles. The van der Waals surface area contributed by atoms with E-state index in [-0.39, 0.29) is 10.8 Å². The van der Waals surface area contributed by atoms with Gasteiger partial charge in [-0.15, -0.1) is 0 Å². The van der Waals surface area contributed by atoms with E-state index in [4.69, 9.17) is 0 Å². The van der Waals surface area contributed by atoms with Gasteiger partial charge in [-0.05, 0) is 24.7 Å². The fraction of sp³-hybridized carbons (Fsp3) is 0.300. The fourth-order valence-electron chi connectivity index (χ4n) is 1.15. The molecule has 1 atom stereocenters. The molecular weight excluding hydrogens is 214 g/mol. The van der Waals surface area contributed by atoms with Crippen LogP contribution in [-0.4, -0.2) is 21.8 Å². The van der Waals surface area contributed by atoms with E-state index < -0.39 is 10.0 Å². The van der Waals surface area contributed by atoms with E-state index in [1.807, 2.05) is 0 Å². The van der Waals surface area contributed by atoms with Crippen LogP contribution in [0.2, 0.25) is 0 Å². The van der Waals surface area contributed by atoms with Gasteiger partial charge in [0.05, 0.1) is 4.90 Å². The van der Waals surface area contributed by atoms with Crippen LogP contribution in [0.5, 0.6) is 0 Å². The number of nitrogens with one attached hydrogen (secondary N) is 1. The molecule has 0 spiro atoms. The van der Waals surface area contributed by atoms with Crippen molar-refractivity contribution >= 4 is 16.3 Å². The Balaban J connectivity index is 3.05. The van der Waals surface area contributed by atoms with Crippen LogP contribution in [0.15, 0.2) is 29.2 Å². The second kappa shape index (κ2) is 4.55. The predicted octanol–water partition coefficient (Wildman–Crippen LogP) is 0.897. The van der Waals surface area contributed by atoms with Crippen LogP contribution in [-0.2, 0) is 14.8 Å². The first kappa shape index (κ1) is 11.9. The van der Waals surface area contributed by atoms with Gasteiger partial charge in [0.2, 0.25) is 10.0 Å². The van der Waals surface area contributed by atoms with Gasteiger partial charge < -0.3 is 4.79 Å². The second-order valence-electron chi connectivity index (χ2n) is 3.20. The molecule has 1 N–H and O–H groups in total. The van der Waals surface area contributed by atoms with Crippen LogP contribution in [0.1, 0.15) is 18.4 Å². The maximum Gasteiger partial charge on any atom is 0.240 e. The van der Waals surface area contributed by atoms with Crippen molar-refractivity contribution in [1.82, 2.24) is 4.72 Å². The average molecular weight is 227 g/mol. The molecule has 1 rings (SSSR count). The van der Waals surface area contributed by atoms with E-state index in [1.54, 1.807) is 19.1 Å². The minimum absolute atomic E-state index is 0.201. The molecule has 82 valence electrons. The summed E-state index contributed by atoms with van der Waals surface area (Å²) in [7, 11) is -2.03. The molecule has 0 aliphatic rings. The highest BCUT2D eigenvalue weighted by Crippen LogP contribution is 2.15. The van der Waals surface area contributed by atoms with Crippen LogP contribution in [0, 0.1) is 0 Å². The van der Waals surface area contributed by atoms with Crippen molar-refractivity contribution in [3.05, 3.63) is 29.8 Å². The number of hydrogen-bond donors (Lipinski definition) is 1. The summed E-state index contributed by atoms with van der Waals surface area (Å²) in [5, 5.41) is 0. The van der Waals surface area contributed by atoms with Crippen molar-refractivity contribution in [2.75, 3.05) is 7.05 Å². The van der Waals surface area contributed by atoms with E-state index >= 15 is 0 Å². The molecule has 0 fully saturated rings. The zero-order chi connectivity index (χ0) is 11.5. The molecule has 0 amide bonds. The molecule has 0 saturated heterocycles. The molecular formula is C10H13NO3S. The number of sulfonamides is 1. The van der Waals surface area contributed by atoms with E-state index in [0.29, 0.717) is 0 Å². The minimum Gasteiger partial charge on any atom is -0.303 e. The topological polar surface area (TPSA) is 63.2 Å². The number of hydrogen-bond acceptors (Lipinski definition) is 3. The summed E-state index contributed by atoms with van der Waals surface area (Å²) in [5.41, 5.74) is 0.806. The second-order valence-corrected chi connectivity index (χ2v) is 5.09. The lowest BCUT2D eigenvalue weighted by Crippen LogP contribution is -2.18. The van der Waals surface area contributed by atoms with Gasteiger partial charge >= 0.3 is 0 Å². The Hall–Kier alpha value is -1.20. The summed E-state index contributed by atoms with van der Waals surface area (Å²) < 4.78 is 25.0. The van der Waals surface area contributed by atoms with Gasteiger partial charge in [0.1, 0.15) is 6.29 Å². The maximum absolute atomic E-state index is 11.4. The van der Waals surface area contributed by atoms with Crippen molar-refractivity contribution in [2.24, 2.45) is 0 Å². The van der Waals surface area contributed by atoms with E-state index in [9.17, 15) is 13.2 Å². The van der Waals surface area contributed by atoms with E-state index in [2.05, 4.69) is 4.72 Å². The van der Waals surface area contributed by atoms with E-state index in [0.717, 1.165) is 11.8 Å². The molecule has 0 aliphatic heterocycles. The van der Waals surface area contributed by atoms with Gasteiger partial charge in [0, 0.05) is 5.92 Å². The maximum atomic E-state index is 11.4. The zero-order valence-corrected chi connectivity index (χ0v) is 9.41. The SMILES string of the molecule is CNS(=O)(=O)c1ccc(C(C)C=O)cc1. The van der Waals surface area contributed by atoms with Gasteiger partial charge in [-0.25, -0.2) is 13.1 Å². The number of benzene rings is 1. The third-order valence-electron chi connectivity index (χ3n) is 2.19. The Morgan fingerprint density at radius 2 is 1.80 bits per heavy atom. The van der Waals surface area contributed by atoms with Crippen LogP contribution in [0.4, 0.5) is 0 Å². The minimum atomic E-state index is -3.39. The number of carbonyl (C=O) groups is 1. The van der Waals surface area contributed by atoms with Crippen molar-refractivity contribution in [1.29, 1.82) is 0 Å². The van der Waals surface area contributed by atoms with Gasteiger partial charge in [-0.2, -0.15) is 0 Å². The monoisotopic (exact) mass is 227 g/mol. The molecule has 5 heteroatoms. The Morgan fingerprint density at radius 1 is 1.27 bits per heavy atom. The first-order valence-electron chi connectivity index (χ1n) is 4.50. The van der Waals surface area contributed by atoms with Crippen molar-refractivity contribution < 1.29 is 13.2 Å². The molecule has 4 nitrogen and oxygen atoms in total. The summed E-state index contributed by atoms with van der Waals surface area (Å²) in [4.78, 5) is 10.7. The van der Waals surface area contributed by atoms with Crippen LogP contribution in [0.25, 0.3) is 0 Å². The molecule has 0 heterocycles. The fourth-order valence-corrected chi connectivity index (χ4v) is 1.88. The highest BCUT2D eigenvalue weighted by molar-refractivity contribution is 7.89. The smallest absolute Gasteiger partial charge is 0.240 e.